The normalized spacial score (nSPS) is 11.6. The Morgan fingerprint density at radius 3 is 2.44 bits per heavy atom. The summed E-state index contributed by atoms with van der Waals surface area (Å²) in [5, 5.41) is 5.79. The van der Waals surface area contributed by atoms with Crippen LogP contribution < -0.4 is 15.8 Å². The smallest absolute Gasteiger partial charge is 0.119 e. The molecule has 3 nitrogen and oxygen atoms in total. The third kappa shape index (κ3) is 2.74. The van der Waals surface area contributed by atoms with Crippen LogP contribution in [0, 0.1) is 0 Å². The fraction of sp³-hybridized carbons (Fsp3) is 0.333. The summed E-state index contributed by atoms with van der Waals surface area (Å²) in [7, 11) is 1.68. The van der Waals surface area contributed by atoms with Crippen molar-refractivity contribution in [3.05, 3.63) is 36.4 Å². The van der Waals surface area contributed by atoms with Crippen LogP contribution in [-0.4, -0.2) is 19.2 Å². The van der Waals surface area contributed by atoms with E-state index < -0.39 is 0 Å². The van der Waals surface area contributed by atoms with Gasteiger partial charge in [0.05, 0.1) is 7.11 Å². The summed E-state index contributed by atoms with van der Waals surface area (Å²) in [6.07, 6.45) is 0. The molecule has 3 heteroatoms. The molecule has 0 saturated heterocycles. The first-order chi connectivity index (χ1) is 8.54. The SMILES string of the molecule is COc1ccc2cc(NC(C)(C)CN)ccc2c1. The van der Waals surface area contributed by atoms with Gasteiger partial charge in [-0.25, -0.2) is 0 Å². The van der Waals surface area contributed by atoms with Crippen LogP contribution >= 0.6 is 0 Å². The molecule has 96 valence electrons. The van der Waals surface area contributed by atoms with Gasteiger partial charge >= 0.3 is 0 Å². The number of anilines is 1. The van der Waals surface area contributed by atoms with E-state index >= 15 is 0 Å². The zero-order chi connectivity index (χ0) is 13.2. The molecule has 2 aromatic carbocycles. The highest BCUT2D eigenvalue weighted by atomic mass is 16.5. The summed E-state index contributed by atoms with van der Waals surface area (Å²) < 4.78 is 5.22. The monoisotopic (exact) mass is 244 g/mol. The van der Waals surface area contributed by atoms with Crippen LogP contribution in [0.2, 0.25) is 0 Å². The Balaban J connectivity index is 2.33. The van der Waals surface area contributed by atoms with Gasteiger partial charge in [-0.3, -0.25) is 0 Å². The van der Waals surface area contributed by atoms with Crippen molar-refractivity contribution in [1.29, 1.82) is 0 Å². The third-order valence-corrected chi connectivity index (χ3v) is 3.04. The van der Waals surface area contributed by atoms with Crippen LogP contribution in [0.4, 0.5) is 5.69 Å². The predicted molar refractivity (Wildman–Crippen MR) is 77.3 cm³/mol. The molecule has 0 amide bonds. The zero-order valence-electron chi connectivity index (χ0n) is 11.2. The number of hydrogen-bond donors (Lipinski definition) is 2. The Hall–Kier alpha value is -1.74. The first kappa shape index (κ1) is 12.7. The quantitative estimate of drug-likeness (QED) is 0.869. The number of fused-ring (bicyclic) bond motifs is 1. The molecular weight excluding hydrogens is 224 g/mol. The van der Waals surface area contributed by atoms with Crippen molar-refractivity contribution in [3.63, 3.8) is 0 Å². The average molecular weight is 244 g/mol. The molecule has 0 saturated carbocycles. The van der Waals surface area contributed by atoms with E-state index in [9.17, 15) is 0 Å². The maximum atomic E-state index is 5.73. The van der Waals surface area contributed by atoms with Crippen molar-refractivity contribution < 1.29 is 4.74 Å². The molecule has 0 radical (unpaired) electrons. The molecule has 0 aromatic heterocycles. The Morgan fingerprint density at radius 2 is 1.78 bits per heavy atom. The third-order valence-electron chi connectivity index (χ3n) is 3.04. The van der Waals surface area contributed by atoms with Crippen LogP contribution in [0.5, 0.6) is 5.75 Å². The van der Waals surface area contributed by atoms with Crippen LogP contribution in [0.25, 0.3) is 10.8 Å². The van der Waals surface area contributed by atoms with E-state index in [1.807, 2.05) is 12.1 Å². The largest absolute Gasteiger partial charge is 0.497 e. The fourth-order valence-corrected chi connectivity index (χ4v) is 1.87. The van der Waals surface area contributed by atoms with E-state index in [0.717, 1.165) is 11.4 Å². The lowest BCUT2D eigenvalue weighted by atomic mass is 10.0. The van der Waals surface area contributed by atoms with E-state index in [-0.39, 0.29) is 5.54 Å². The Kier molecular flexibility index (Phi) is 3.43. The molecule has 2 rings (SSSR count). The van der Waals surface area contributed by atoms with Crippen LogP contribution in [0.3, 0.4) is 0 Å². The molecule has 3 N–H and O–H groups in total. The summed E-state index contributed by atoms with van der Waals surface area (Å²) in [4.78, 5) is 0. The van der Waals surface area contributed by atoms with Gasteiger partial charge in [-0.1, -0.05) is 12.1 Å². The lowest BCUT2D eigenvalue weighted by Gasteiger charge is -2.25. The highest BCUT2D eigenvalue weighted by Crippen LogP contribution is 2.25. The first-order valence-electron chi connectivity index (χ1n) is 6.10. The molecule has 0 aliphatic heterocycles. The summed E-state index contributed by atoms with van der Waals surface area (Å²) >= 11 is 0. The molecule has 18 heavy (non-hydrogen) atoms. The number of rotatable bonds is 4. The van der Waals surface area contributed by atoms with Crippen molar-refractivity contribution in [2.45, 2.75) is 19.4 Å². The van der Waals surface area contributed by atoms with Crippen molar-refractivity contribution in [2.24, 2.45) is 5.73 Å². The van der Waals surface area contributed by atoms with Gasteiger partial charge in [-0.15, -0.1) is 0 Å². The Morgan fingerprint density at radius 1 is 1.11 bits per heavy atom. The van der Waals surface area contributed by atoms with Crippen LogP contribution in [0.15, 0.2) is 36.4 Å². The van der Waals surface area contributed by atoms with Gasteiger partial charge in [-0.05, 0) is 48.9 Å². The molecule has 0 fully saturated rings. The summed E-state index contributed by atoms with van der Waals surface area (Å²) in [6.45, 7) is 4.77. The van der Waals surface area contributed by atoms with E-state index in [2.05, 4.69) is 43.4 Å². The minimum atomic E-state index is -0.0971. The predicted octanol–water partition coefficient (Wildman–Crippen LogP) is 3.00. The van der Waals surface area contributed by atoms with Gasteiger partial charge in [0.15, 0.2) is 0 Å². The number of nitrogens with two attached hydrogens (primary N) is 1. The Labute approximate surface area is 108 Å². The van der Waals surface area contributed by atoms with Gasteiger partial charge in [-0.2, -0.15) is 0 Å². The van der Waals surface area contributed by atoms with Gasteiger partial charge in [0.25, 0.3) is 0 Å². The van der Waals surface area contributed by atoms with Gasteiger partial charge in [0.1, 0.15) is 5.75 Å². The summed E-state index contributed by atoms with van der Waals surface area (Å²) in [6, 6.07) is 12.4. The highest BCUT2D eigenvalue weighted by molar-refractivity contribution is 5.87. The maximum absolute atomic E-state index is 5.73. The van der Waals surface area contributed by atoms with E-state index in [4.69, 9.17) is 10.5 Å². The van der Waals surface area contributed by atoms with E-state index in [0.29, 0.717) is 6.54 Å². The molecule has 0 aliphatic rings. The van der Waals surface area contributed by atoms with Gasteiger partial charge in [0, 0.05) is 17.8 Å². The van der Waals surface area contributed by atoms with Gasteiger partial charge in [0.2, 0.25) is 0 Å². The molecule has 0 aliphatic carbocycles. The molecule has 0 atom stereocenters. The van der Waals surface area contributed by atoms with Crippen molar-refractivity contribution in [3.8, 4) is 5.75 Å². The fourth-order valence-electron chi connectivity index (χ4n) is 1.87. The number of benzene rings is 2. The minimum absolute atomic E-state index is 0.0971. The topological polar surface area (TPSA) is 47.3 Å². The molecule has 0 heterocycles. The lowest BCUT2D eigenvalue weighted by Crippen LogP contribution is -2.39. The number of hydrogen-bond acceptors (Lipinski definition) is 3. The number of ether oxygens (including phenoxy) is 1. The van der Waals surface area contributed by atoms with E-state index in [1.165, 1.54) is 10.8 Å². The zero-order valence-corrected chi connectivity index (χ0v) is 11.2. The van der Waals surface area contributed by atoms with E-state index in [1.54, 1.807) is 7.11 Å². The average Bonchev–Trinajstić information content (AvgIpc) is 2.37. The summed E-state index contributed by atoms with van der Waals surface area (Å²) in [5.74, 6) is 0.880. The molecule has 0 unspecified atom stereocenters. The second kappa shape index (κ2) is 4.86. The number of methoxy groups -OCH3 is 1. The van der Waals surface area contributed by atoms with Crippen molar-refractivity contribution in [1.82, 2.24) is 0 Å². The molecule has 2 aromatic rings. The highest BCUT2D eigenvalue weighted by Gasteiger charge is 2.14. The Bertz CT molecular complexity index is 549. The second-order valence-electron chi connectivity index (χ2n) is 5.14. The first-order valence-corrected chi connectivity index (χ1v) is 6.10. The van der Waals surface area contributed by atoms with Crippen LogP contribution in [-0.2, 0) is 0 Å². The minimum Gasteiger partial charge on any atom is -0.497 e. The maximum Gasteiger partial charge on any atom is 0.119 e. The number of nitrogens with one attached hydrogen (secondary N) is 1. The molecule has 0 bridgehead atoms. The molecule has 0 spiro atoms. The van der Waals surface area contributed by atoms with Crippen molar-refractivity contribution >= 4 is 16.5 Å². The van der Waals surface area contributed by atoms with Crippen molar-refractivity contribution in [2.75, 3.05) is 19.0 Å². The van der Waals surface area contributed by atoms with Gasteiger partial charge < -0.3 is 15.8 Å². The lowest BCUT2D eigenvalue weighted by molar-refractivity contribution is 0.415. The molecular formula is C15H20N2O. The van der Waals surface area contributed by atoms with Crippen LogP contribution in [0.1, 0.15) is 13.8 Å². The summed E-state index contributed by atoms with van der Waals surface area (Å²) in [5.41, 5.74) is 6.71. The second-order valence-corrected chi connectivity index (χ2v) is 5.14. The standard InChI is InChI=1S/C15H20N2O/c1-15(2,10-16)17-13-6-4-12-9-14(18-3)7-5-11(12)8-13/h4-9,17H,10,16H2,1-3H3.